The molecule has 0 unspecified atom stereocenters. The highest BCUT2D eigenvalue weighted by Gasteiger charge is 2.18. The van der Waals surface area contributed by atoms with Gasteiger partial charge in [-0.05, 0) is 57.9 Å². The number of aromatic amines is 1. The first-order valence-corrected chi connectivity index (χ1v) is 22.9. The molecule has 0 aliphatic carbocycles. The number of methoxy groups -OCH3 is 5. The predicted molar refractivity (Wildman–Crippen MR) is 277 cm³/mol. The minimum absolute atomic E-state index is 0. The standard InChI is InChI=1S/C19H20N4O4.C10H14N2O2.C9H12N2O3.C6H6BrNO.C4H9NO.ClH/c1-26-15-10-12(11-24)9-14-17(15)19(25)22-18(21-14)13-3-2-4-16(20-13)23-5-7-27-8-6-23;1-13-10-4-2-3-9(11-10)12-5-7-14-8-6-12;1-13-5-3-6(10)8(9(11)12)7(4-5)14-2;1-9-6-4-2-3-5(7)8-6;1-3-6-4-2-5-1;/h2-4,9-10,24H,5-8,11H2,1H3,(H,21,22,25);2-4H,5-8H2,1H3;3-4H,10H2,1-2H3,(H2,11,12);2-4H,1H3;5H,1-4H2;1H. The molecule has 21 nitrogen and oxygen atoms in total. The van der Waals surface area contributed by atoms with Gasteiger partial charge in [0, 0.05) is 63.5 Å². The molecule has 2 aromatic carbocycles. The van der Waals surface area contributed by atoms with Crippen molar-refractivity contribution in [3.8, 4) is 40.5 Å². The third-order valence-corrected chi connectivity index (χ3v) is 10.8. The van der Waals surface area contributed by atoms with Crippen molar-refractivity contribution in [2.75, 3.05) is 130 Å². The zero-order valence-electron chi connectivity index (χ0n) is 40.4. The first-order chi connectivity index (χ1) is 34.0. The molecule has 3 fully saturated rings. The molecule has 71 heavy (non-hydrogen) atoms. The number of benzene rings is 2. The van der Waals surface area contributed by atoms with Gasteiger partial charge in [-0.2, -0.15) is 4.98 Å². The van der Waals surface area contributed by atoms with Crippen molar-refractivity contribution >= 4 is 62.5 Å². The summed E-state index contributed by atoms with van der Waals surface area (Å²) < 4.78 is 41.6. The van der Waals surface area contributed by atoms with E-state index in [1.54, 1.807) is 44.6 Å². The van der Waals surface area contributed by atoms with Crippen molar-refractivity contribution in [2.24, 2.45) is 5.73 Å². The molecule has 3 saturated heterocycles. The van der Waals surface area contributed by atoms with Gasteiger partial charge in [-0.3, -0.25) is 9.59 Å². The topological polar surface area (TPSA) is 266 Å². The fourth-order valence-electron chi connectivity index (χ4n) is 6.85. The average molecular weight is 1070 g/mol. The molecular weight excluding hydrogens is 1010 g/mol. The van der Waals surface area contributed by atoms with Crippen LogP contribution in [0.5, 0.6) is 29.0 Å². The Balaban J connectivity index is 0.000000211. The number of hydrogen-bond acceptors (Lipinski definition) is 19. The van der Waals surface area contributed by atoms with E-state index in [1.165, 1.54) is 27.4 Å². The van der Waals surface area contributed by atoms with Crippen LogP contribution in [0.1, 0.15) is 15.9 Å². The molecule has 0 bridgehead atoms. The van der Waals surface area contributed by atoms with E-state index in [-0.39, 0.29) is 35.8 Å². The molecule has 0 spiro atoms. The number of anilines is 3. The van der Waals surface area contributed by atoms with E-state index in [4.69, 9.17) is 49.4 Å². The quantitative estimate of drug-likeness (QED) is 0.0933. The monoisotopic (exact) mass is 1070 g/mol. The zero-order chi connectivity index (χ0) is 50.3. The summed E-state index contributed by atoms with van der Waals surface area (Å²) >= 11 is 3.21. The maximum Gasteiger partial charge on any atom is 0.262 e. The lowest BCUT2D eigenvalue weighted by molar-refractivity contribution is 0.0998. The number of carbonyl (C=O) groups is 1. The number of aliphatic hydroxyl groups excluding tert-OH is 1. The highest BCUT2D eigenvalue weighted by atomic mass is 79.9. The number of ether oxygens (including phenoxy) is 8. The molecule has 384 valence electrons. The number of aliphatic hydroxyl groups is 1. The van der Waals surface area contributed by atoms with Gasteiger partial charge in [-0.25, -0.2) is 15.0 Å². The van der Waals surface area contributed by atoms with Gasteiger partial charge >= 0.3 is 0 Å². The van der Waals surface area contributed by atoms with Gasteiger partial charge in [0.1, 0.15) is 50.1 Å². The zero-order valence-corrected chi connectivity index (χ0v) is 42.8. The lowest BCUT2D eigenvalue weighted by atomic mass is 10.1. The van der Waals surface area contributed by atoms with Crippen LogP contribution in [-0.2, 0) is 20.8 Å². The van der Waals surface area contributed by atoms with Crippen molar-refractivity contribution in [1.29, 1.82) is 0 Å². The summed E-state index contributed by atoms with van der Waals surface area (Å²) in [7, 11) is 7.63. The van der Waals surface area contributed by atoms with Gasteiger partial charge in [-0.15, -0.1) is 12.4 Å². The second-order valence-corrected chi connectivity index (χ2v) is 15.7. The largest absolute Gasteiger partial charge is 0.497 e. The van der Waals surface area contributed by atoms with Crippen LogP contribution >= 0.6 is 28.3 Å². The third kappa shape index (κ3) is 17.4. The van der Waals surface area contributed by atoms with Crippen molar-refractivity contribution in [1.82, 2.24) is 30.2 Å². The normalized spacial score (nSPS) is 13.9. The van der Waals surface area contributed by atoms with Crippen molar-refractivity contribution in [2.45, 2.75) is 6.61 Å². The molecule has 7 N–H and O–H groups in total. The number of rotatable bonds is 10. The summed E-state index contributed by atoms with van der Waals surface area (Å²) in [4.78, 5) is 48.4. The van der Waals surface area contributed by atoms with Crippen LogP contribution in [0.15, 0.2) is 88.3 Å². The van der Waals surface area contributed by atoms with Crippen LogP contribution in [-0.4, -0.2) is 150 Å². The Morgan fingerprint density at radius 2 is 1.27 bits per heavy atom. The van der Waals surface area contributed by atoms with Gasteiger partial charge in [0.25, 0.3) is 11.5 Å². The molecule has 1 amide bonds. The van der Waals surface area contributed by atoms with E-state index in [2.05, 4.69) is 56.0 Å². The number of H-pyrrole nitrogens is 1. The van der Waals surface area contributed by atoms with E-state index in [9.17, 15) is 14.7 Å². The summed E-state index contributed by atoms with van der Waals surface area (Å²) in [6, 6.07) is 23.3. The SMILES string of the molecule is C1COCCN1.COc1cc(CO)cc2nc(-c3cccc(N4CCOCC4)n3)[nH]c(=O)c12.COc1cc(N)c(C(N)=O)c(OC)c1.COc1cccc(Br)n1.COc1cccc(N2CCOCC2)n1.Cl. The van der Waals surface area contributed by atoms with Crippen LogP contribution in [0, 0.1) is 0 Å². The van der Waals surface area contributed by atoms with Crippen molar-refractivity contribution < 1.29 is 47.8 Å². The van der Waals surface area contributed by atoms with E-state index in [0.29, 0.717) is 70.2 Å². The van der Waals surface area contributed by atoms with Crippen LogP contribution in [0.2, 0.25) is 0 Å². The number of aromatic nitrogens is 5. The Kier molecular flexibility index (Phi) is 24.3. The Labute approximate surface area is 426 Å². The maximum absolute atomic E-state index is 12.6. The molecule has 7 heterocycles. The summed E-state index contributed by atoms with van der Waals surface area (Å²) in [5.74, 6) is 4.04. The molecular formula is C48H62BrClN10O11. The Bertz CT molecular complexity index is 2620. The Morgan fingerprint density at radius 1 is 0.704 bits per heavy atom. The van der Waals surface area contributed by atoms with E-state index < -0.39 is 5.91 Å². The van der Waals surface area contributed by atoms with Gasteiger partial charge in [-0.1, -0.05) is 18.2 Å². The number of halogens is 2. The number of primary amides is 1. The lowest BCUT2D eigenvalue weighted by Gasteiger charge is -2.27. The predicted octanol–water partition coefficient (Wildman–Crippen LogP) is 4.52. The van der Waals surface area contributed by atoms with Crippen molar-refractivity contribution in [3.63, 3.8) is 0 Å². The fourth-order valence-corrected chi connectivity index (χ4v) is 7.17. The number of nitrogens with one attached hydrogen (secondary N) is 2. The average Bonchev–Trinajstić information content (AvgIpc) is 3.41. The molecule has 6 aromatic rings. The fraction of sp³-hybridized carbons (Fsp3) is 0.375. The number of amides is 1. The van der Waals surface area contributed by atoms with Gasteiger partial charge in [0.2, 0.25) is 11.8 Å². The highest BCUT2D eigenvalue weighted by molar-refractivity contribution is 9.10. The smallest absolute Gasteiger partial charge is 0.262 e. The maximum atomic E-state index is 12.6. The molecule has 23 heteroatoms. The highest BCUT2D eigenvalue weighted by Crippen LogP contribution is 2.30. The van der Waals surface area contributed by atoms with Crippen LogP contribution in [0.3, 0.4) is 0 Å². The minimum Gasteiger partial charge on any atom is -0.497 e. The Morgan fingerprint density at radius 3 is 1.76 bits per heavy atom. The molecule has 0 radical (unpaired) electrons. The summed E-state index contributed by atoms with van der Waals surface area (Å²) in [6.07, 6.45) is 0. The second-order valence-electron chi connectivity index (χ2n) is 14.9. The number of morpholine rings is 3. The van der Waals surface area contributed by atoms with Crippen LogP contribution in [0.4, 0.5) is 17.3 Å². The van der Waals surface area contributed by atoms with Gasteiger partial charge in [0.05, 0.1) is 93.0 Å². The molecule has 3 aliphatic rings. The molecule has 4 aromatic heterocycles. The molecule has 0 atom stereocenters. The van der Waals surface area contributed by atoms with E-state index in [0.717, 1.165) is 81.9 Å². The van der Waals surface area contributed by atoms with E-state index in [1.807, 2.05) is 42.5 Å². The van der Waals surface area contributed by atoms with Crippen LogP contribution < -0.4 is 55.8 Å². The van der Waals surface area contributed by atoms with Gasteiger partial charge in [0.15, 0.2) is 5.82 Å². The van der Waals surface area contributed by atoms with Crippen LogP contribution in [0.25, 0.3) is 22.4 Å². The third-order valence-electron chi connectivity index (χ3n) is 10.4. The number of nitrogens with two attached hydrogens (primary N) is 2. The minimum atomic E-state index is -0.623. The Hall–Kier alpha value is -6.53. The lowest BCUT2D eigenvalue weighted by Crippen LogP contribution is -2.36. The number of fused-ring (bicyclic) bond motifs is 1. The van der Waals surface area contributed by atoms with E-state index >= 15 is 0 Å². The second kappa shape index (κ2) is 30.3. The number of nitrogens with zero attached hydrogens (tertiary/aromatic N) is 6. The summed E-state index contributed by atoms with van der Waals surface area (Å²) in [6.45, 7) is 9.91. The number of nitrogen functional groups attached to an aromatic ring is 1. The van der Waals surface area contributed by atoms with Gasteiger partial charge < -0.3 is 74.6 Å². The first kappa shape index (κ1) is 57.1. The summed E-state index contributed by atoms with van der Waals surface area (Å²) in [5.41, 5.74) is 12.5. The van der Waals surface area contributed by atoms with Crippen molar-refractivity contribution in [3.05, 3.63) is 105 Å². The number of pyridine rings is 3. The number of carbonyl (C=O) groups excluding carboxylic acids is 1. The molecule has 0 saturated carbocycles. The first-order valence-electron chi connectivity index (χ1n) is 22.1. The summed E-state index contributed by atoms with van der Waals surface area (Å²) in [5, 5.41) is 13.0. The number of hydrogen-bond donors (Lipinski definition) is 5. The molecule has 9 rings (SSSR count). The molecule has 3 aliphatic heterocycles.